The highest BCUT2D eigenvalue weighted by Gasteiger charge is 2.44. The normalized spacial score (nSPS) is 17.1. The van der Waals surface area contributed by atoms with Gasteiger partial charge in [-0.15, -0.1) is 0 Å². The van der Waals surface area contributed by atoms with Gasteiger partial charge in [0.15, 0.2) is 12.3 Å². The highest BCUT2D eigenvalue weighted by Crippen LogP contribution is 2.57. The van der Waals surface area contributed by atoms with E-state index in [9.17, 15) is 19.5 Å². The molecule has 1 N–H and O–H groups in total. The van der Waals surface area contributed by atoms with Crippen LogP contribution in [0.4, 0.5) is 10.7 Å². The third-order valence-electron chi connectivity index (χ3n) is 4.62. The van der Waals surface area contributed by atoms with Crippen molar-refractivity contribution in [1.82, 2.24) is 24.2 Å². The minimum absolute atomic E-state index is 0.00807. The van der Waals surface area contributed by atoms with Crippen molar-refractivity contribution >= 4 is 51.6 Å². The standard InChI is InChI=1S/C16H27Br2N6O6P/c1-16(2,12-30-31(28)22(6-4-17)8-9-23(31)7-5-18)20-15(25)29-11-13-10-19-14(21(13)3)24(26)27/h10H,4-9,11-12H2,1-3H3,(H,20,25). The van der Waals surface area contributed by atoms with Crippen LogP contribution in [0.1, 0.15) is 19.5 Å². The second-order valence-electron chi connectivity index (χ2n) is 7.50. The zero-order chi connectivity index (χ0) is 23.2. The zero-order valence-electron chi connectivity index (χ0n) is 17.6. The lowest BCUT2D eigenvalue weighted by Gasteiger charge is -2.33. The molecular weight excluding hydrogens is 563 g/mol. The number of nitro groups is 1. The number of hydrogen-bond acceptors (Lipinski definition) is 7. The van der Waals surface area contributed by atoms with E-state index in [1.54, 1.807) is 13.8 Å². The molecule has 1 aromatic rings. The van der Waals surface area contributed by atoms with E-state index in [0.29, 0.717) is 42.5 Å². The number of imidazole rings is 1. The minimum atomic E-state index is -3.20. The first-order valence-corrected chi connectivity index (χ1v) is 13.3. The van der Waals surface area contributed by atoms with E-state index in [0.717, 1.165) is 0 Å². The first-order chi connectivity index (χ1) is 14.5. The number of nitrogens with one attached hydrogen (secondary N) is 1. The van der Waals surface area contributed by atoms with Crippen LogP contribution in [0.25, 0.3) is 0 Å². The third-order valence-corrected chi connectivity index (χ3v) is 8.03. The highest BCUT2D eigenvalue weighted by molar-refractivity contribution is 9.09. The SMILES string of the molecule is Cn1c(COC(=O)NC(C)(C)COP2(=O)N(CCBr)CCN2CCBr)cnc1[N+](=O)[O-]. The van der Waals surface area contributed by atoms with Gasteiger partial charge in [-0.2, -0.15) is 0 Å². The molecule has 1 aliphatic rings. The lowest BCUT2D eigenvalue weighted by Crippen LogP contribution is -2.47. The van der Waals surface area contributed by atoms with Crippen LogP contribution in [-0.2, 0) is 27.5 Å². The van der Waals surface area contributed by atoms with Crippen molar-refractivity contribution < 1.29 is 23.5 Å². The van der Waals surface area contributed by atoms with Gasteiger partial charge in [0.05, 0.1) is 19.2 Å². The quantitative estimate of drug-likeness (QED) is 0.179. The molecule has 1 aliphatic heterocycles. The Morgan fingerprint density at radius 3 is 2.39 bits per heavy atom. The van der Waals surface area contributed by atoms with E-state index in [4.69, 9.17) is 9.26 Å². The van der Waals surface area contributed by atoms with Crippen LogP contribution in [0.2, 0.25) is 0 Å². The minimum Gasteiger partial charge on any atom is -0.441 e. The number of rotatable bonds is 11. The maximum atomic E-state index is 13.6. The Morgan fingerprint density at radius 1 is 1.32 bits per heavy atom. The average Bonchev–Trinajstić information content (AvgIpc) is 3.20. The summed E-state index contributed by atoms with van der Waals surface area (Å²) < 4.78 is 29.5. The monoisotopic (exact) mass is 588 g/mol. The third kappa shape index (κ3) is 6.72. The second-order valence-corrected chi connectivity index (χ2v) is 11.5. The maximum Gasteiger partial charge on any atom is 0.434 e. The van der Waals surface area contributed by atoms with Gasteiger partial charge in [-0.25, -0.2) is 18.7 Å². The van der Waals surface area contributed by atoms with Gasteiger partial charge in [-0.1, -0.05) is 36.8 Å². The summed E-state index contributed by atoms with van der Waals surface area (Å²) in [6, 6.07) is 0. The van der Waals surface area contributed by atoms with Crippen LogP contribution >= 0.6 is 39.5 Å². The lowest BCUT2D eigenvalue weighted by molar-refractivity contribution is -0.396. The molecule has 0 radical (unpaired) electrons. The first-order valence-electron chi connectivity index (χ1n) is 9.51. The molecule has 2 heterocycles. The Morgan fingerprint density at radius 2 is 1.90 bits per heavy atom. The number of amides is 1. The van der Waals surface area contributed by atoms with Crippen LogP contribution < -0.4 is 5.32 Å². The summed E-state index contributed by atoms with van der Waals surface area (Å²) in [6.07, 6.45) is 0.555. The van der Waals surface area contributed by atoms with Crippen molar-refractivity contribution in [2.75, 3.05) is 43.4 Å². The second kappa shape index (κ2) is 11.2. The van der Waals surface area contributed by atoms with Crippen molar-refractivity contribution in [2.24, 2.45) is 7.05 Å². The average molecular weight is 590 g/mol. The van der Waals surface area contributed by atoms with Gasteiger partial charge in [-0.05, 0) is 18.8 Å². The summed E-state index contributed by atoms with van der Waals surface area (Å²) in [7, 11) is -1.73. The summed E-state index contributed by atoms with van der Waals surface area (Å²) in [6.45, 7) is 5.74. The van der Waals surface area contributed by atoms with Gasteiger partial charge in [0.2, 0.25) is 0 Å². The Hall–Kier alpha value is -1.05. The van der Waals surface area contributed by atoms with Crippen molar-refractivity contribution in [2.45, 2.75) is 26.0 Å². The molecule has 0 aliphatic carbocycles. The van der Waals surface area contributed by atoms with Gasteiger partial charge in [0, 0.05) is 36.8 Å². The van der Waals surface area contributed by atoms with Crippen molar-refractivity contribution in [3.05, 3.63) is 22.0 Å². The predicted molar refractivity (Wildman–Crippen MR) is 122 cm³/mol. The molecule has 0 atom stereocenters. The molecule has 0 unspecified atom stereocenters. The van der Waals surface area contributed by atoms with Crippen molar-refractivity contribution in [3.8, 4) is 0 Å². The van der Waals surface area contributed by atoms with Crippen molar-refractivity contribution in [1.29, 1.82) is 0 Å². The highest BCUT2D eigenvalue weighted by atomic mass is 79.9. The summed E-state index contributed by atoms with van der Waals surface area (Å²) in [5.41, 5.74) is -0.488. The fourth-order valence-electron chi connectivity index (χ4n) is 2.97. The molecule has 12 nitrogen and oxygen atoms in total. The number of hydrogen-bond donors (Lipinski definition) is 1. The summed E-state index contributed by atoms with van der Waals surface area (Å²) in [4.78, 5) is 26.1. The number of nitrogens with zero attached hydrogens (tertiary/aromatic N) is 5. The van der Waals surface area contributed by atoms with E-state index >= 15 is 0 Å². The van der Waals surface area contributed by atoms with Crippen LogP contribution in [0, 0.1) is 10.1 Å². The molecule has 0 spiro atoms. The smallest absolute Gasteiger partial charge is 0.434 e. The van der Waals surface area contributed by atoms with Gasteiger partial charge >= 0.3 is 19.7 Å². The predicted octanol–water partition coefficient (Wildman–Crippen LogP) is 2.87. The number of halogens is 2. The Bertz CT molecular complexity index is 820. The molecule has 176 valence electrons. The van der Waals surface area contributed by atoms with E-state index < -0.39 is 24.2 Å². The number of alkyl halides is 2. The van der Waals surface area contributed by atoms with Crippen LogP contribution in [-0.4, -0.2) is 78.9 Å². The zero-order valence-corrected chi connectivity index (χ0v) is 21.7. The molecule has 1 amide bonds. The molecule has 1 aromatic heterocycles. The fraction of sp³-hybridized carbons (Fsp3) is 0.750. The van der Waals surface area contributed by atoms with E-state index in [2.05, 4.69) is 42.2 Å². The molecule has 31 heavy (non-hydrogen) atoms. The lowest BCUT2D eigenvalue weighted by atomic mass is 10.1. The van der Waals surface area contributed by atoms with Gasteiger partial charge in [0.1, 0.15) is 6.20 Å². The Kier molecular flexibility index (Phi) is 9.46. The molecule has 1 fully saturated rings. The summed E-state index contributed by atoms with van der Waals surface area (Å²) in [5, 5.41) is 14.9. The molecule has 2 rings (SSSR count). The Labute approximate surface area is 197 Å². The fourth-order valence-corrected chi connectivity index (χ4v) is 6.94. The number of ether oxygens (including phenoxy) is 1. The molecule has 15 heteroatoms. The van der Waals surface area contributed by atoms with Crippen LogP contribution in [0.15, 0.2) is 6.20 Å². The van der Waals surface area contributed by atoms with Gasteiger partial charge < -0.3 is 24.7 Å². The van der Waals surface area contributed by atoms with Gasteiger partial charge in [0.25, 0.3) is 0 Å². The summed E-state index contributed by atoms with van der Waals surface area (Å²) in [5.74, 6) is -0.338. The summed E-state index contributed by atoms with van der Waals surface area (Å²) >= 11 is 6.76. The number of carbonyl (C=O) groups is 1. The maximum absolute atomic E-state index is 13.6. The van der Waals surface area contributed by atoms with E-state index in [-0.39, 0.29) is 19.2 Å². The van der Waals surface area contributed by atoms with Gasteiger partial charge in [-0.3, -0.25) is 4.57 Å². The Balaban J connectivity index is 1.93. The van der Waals surface area contributed by atoms with Crippen molar-refractivity contribution in [3.63, 3.8) is 0 Å². The first kappa shape index (κ1) is 26.2. The molecule has 0 saturated carbocycles. The molecular formula is C16H27Br2N6O6P. The molecule has 1 saturated heterocycles. The molecule has 0 bridgehead atoms. The number of alkyl carbamates (subject to hydrolysis) is 1. The van der Waals surface area contributed by atoms with E-state index in [1.165, 1.54) is 17.8 Å². The number of carbonyl (C=O) groups excluding carboxylic acids is 1. The van der Waals surface area contributed by atoms with E-state index in [1.807, 2.05) is 9.34 Å². The largest absolute Gasteiger partial charge is 0.441 e. The number of aromatic nitrogens is 2. The molecule has 0 aromatic carbocycles. The van der Waals surface area contributed by atoms with Crippen LogP contribution in [0.3, 0.4) is 0 Å². The topological polar surface area (TPSA) is 132 Å². The van der Waals surface area contributed by atoms with Crippen LogP contribution in [0.5, 0.6) is 0 Å².